The van der Waals surface area contributed by atoms with Gasteiger partial charge in [0.05, 0.1) is 22.6 Å². The number of fused-ring (bicyclic) bond motifs is 2. The maximum atomic E-state index is 13.7. The Balaban J connectivity index is 2.03. The van der Waals surface area contributed by atoms with Crippen LogP contribution in [0.1, 0.15) is 49.6 Å². The van der Waals surface area contributed by atoms with Crippen LogP contribution in [0, 0.1) is 19.7 Å². The van der Waals surface area contributed by atoms with Crippen molar-refractivity contribution < 1.29 is 4.39 Å². The van der Waals surface area contributed by atoms with E-state index in [0.29, 0.717) is 5.92 Å². The van der Waals surface area contributed by atoms with Gasteiger partial charge in [0.2, 0.25) is 0 Å². The predicted molar refractivity (Wildman–Crippen MR) is 108 cm³/mol. The first-order valence-electron chi connectivity index (χ1n) is 9.56. The van der Waals surface area contributed by atoms with E-state index in [1.807, 2.05) is 36.0 Å². The van der Waals surface area contributed by atoms with Gasteiger partial charge in [-0.25, -0.2) is 13.9 Å². The van der Waals surface area contributed by atoms with E-state index in [4.69, 9.17) is 10.1 Å². The molecular formula is C22H25FN4. The van der Waals surface area contributed by atoms with Crippen molar-refractivity contribution in [3.63, 3.8) is 0 Å². The highest BCUT2D eigenvalue weighted by Gasteiger charge is 2.21. The molecule has 140 valence electrons. The van der Waals surface area contributed by atoms with Crippen LogP contribution in [-0.4, -0.2) is 19.2 Å². The lowest BCUT2D eigenvalue weighted by Gasteiger charge is -2.15. The molecule has 0 radical (unpaired) electrons. The van der Waals surface area contributed by atoms with Gasteiger partial charge >= 0.3 is 0 Å². The number of imidazole rings is 1. The van der Waals surface area contributed by atoms with Crippen molar-refractivity contribution in [1.29, 1.82) is 0 Å². The van der Waals surface area contributed by atoms with Gasteiger partial charge in [0.15, 0.2) is 5.65 Å². The second kappa shape index (κ2) is 6.48. The molecule has 0 spiro atoms. The molecule has 0 N–H and O–H groups in total. The molecule has 0 saturated heterocycles. The van der Waals surface area contributed by atoms with Crippen LogP contribution >= 0.6 is 0 Å². The molecule has 0 aliphatic heterocycles. The average molecular weight is 364 g/mol. The Kier molecular flexibility index (Phi) is 4.25. The molecule has 0 atom stereocenters. The molecule has 3 aromatic heterocycles. The lowest BCUT2D eigenvalue weighted by atomic mass is 9.95. The van der Waals surface area contributed by atoms with Crippen molar-refractivity contribution in [2.75, 3.05) is 0 Å². The van der Waals surface area contributed by atoms with E-state index in [-0.39, 0.29) is 5.82 Å². The molecule has 0 aliphatic rings. The standard InChI is InChI=1S/C22H25FN4/c1-6-15(7-2)18-10-13(3)25-27-21(14(4)24-22(18)27)20-11-16-8-9-17(23)12-19(16)26(20)5/h8-12,15H,6-7H2,1-5H3. The third-order valence-electron chi connectivity index (χ3n) is 5.58. The summed E-state index contributed by atoms with van der Waals surface area (Å²) < 4.78 is 17.7. The van der Waals surface area contributed by atoms with E-state index in [9.17, 15) is 4.39 Å². The quantitative estimate of drug-likeness (QED) is 0.476. The van der Waals surface area contributed by atoms with E-state index in [1.165, 1.54) is 11.6 Å². The van der Waals surface area contributed by atoms with Crippen LogP contribution in [-0.2, 0) is 7.05 Å². The van der Waals surface area contributed by atoms with Gasteiger partial charge in [0.1, 0.15) is 11.5 Å². The Bertz CT molecular complexity index is 1150. The highest BCUT2D eigenvalue weighted by molar-refractivity contribution is 5.87. The largest absolute Gasteiger partial charge is 0.342 e. The van der Waals surface area contributed by atoms with Crippen LogP contribution < -0.4 is 0 Å². The Morgan fingerprint density at radius 3 is 2.52 bits per heavy atom. The van der Waals surface area contributed by atoms with Crippen molar-refractivity contribution in [2.45, 2.75) is 46.5 Å². The van der Waals surface area contributed by atoms with E-state index < -0.39 is 0 Å². The maximum Gasteiger partial charge on any atom is 0.158 e. The zero-order valence-corrected chi connectivity index (χ0v) is 16.5. The summed E-state index contributed by atoms with van der Waals surface area (Å²) in [4.78, 5) is 4.89. The molecule has 4 nitrogen and oxygen atoms in total. The lowest BCUT2D eigenvalue weighted by Crippen LogP contribution is -2.06. The summed E-state index contributed by atoms with van der Waals surface area (Å²) in [6.45, 7) is 8.49. The number of aromatic nitrogens is 4. The fourth-order valence-electron chi connectivity index (χ4n) is 4.13. The number of nitrogens with zero attached hydrogens (tertiary/aromatic N) is 4. The first-order chi connectivity index (χ1) is 12.9. The van der Waals surface area contributed by atoms with Crippen LogP contribution in [0.15, 0.2) is 30.3 Å². The normalized spacial score (nSPS) is 12.0. The zero-order chi connectivity index (χ0) is 19.3. The van der Waals surface area contributed by atoms with Gasteiger partial charge in [0.25, 0.3) is 0 Å². The molecular weight excluding hydrogens is 339 g/mol. The molecule has 0 fully saturated rings. The van der Waals surface area contributed by atoms with Crippen molar-refractivity contribution in [2.24, 2.45) is 7.05 Å². The molecule has 0 amide bonds. The summed E-state index contributed by atoms with van der Waals surface area (Å²) in [6, 6.07) is 9.15. The summed E-state index contributed by atoms with van der Waals surface area (Å²) in [5.74, 6) is 0.237. The SMILES string of the molecule is CCC(CC)c1cc(C)nn2c(-c3cc4ccc(F)cc4n3C)c(C)nc12. The number of benzene rings is 1. The minimum Gasteiger partial charge on any atom is -0.342 e. The van der Waals surface area contributed by atoms with Crippen molar-refractivity contribution >= 4 is 16.6 Å². The average Bonchev–Trinajstić information content (AvgIpc) is 3.12. The molecule has 4 rings (SSSR count). The molecule has 27 heavy (non-hydrogen) atoms. The van der Waals surface area contributed by atoms with Gasteiger partial charge in [-0.15, -0.1) is 0 Å². The highest BCUT2D eigenvalue weighted by Crippen LogP contribution is 2.33. The molecule has 0 unspecified atom stereocenters. The lowest BCUT2D eigenvalue weighted by molar-refractivity contribution is 0.629. The summed E-state index contributed by atoms with van der Waals surface area (Å²) >= 11 is 0. The second-order valence-electron chi connectivity index (χ2n) is 7.33. The second-order valence-corrected chi connectivity index (χ2v) is 7.33. The van der Waals surface area contributed by atoms with Crippen LogP contribution in [0.3, 0.4) is 0 Å². The summed E-state index contributed by atoms with van der Waals surface area (Å²) in [5, 5.41) is 5.79. The van der Waals surface area contributed by atoms with Gasteiger partial charge in [-0.2, -0.15) is 5.10 Å². The molecule has 5 heteroatoms. The first kappa shape index (κ1) is 17.7. The van der Waals surface area contributed by atoms with Gasteiger partial charge in [-0.05, 0) is 62.9 Å². The summed E-state index contributed by atoms with van der Waals surface area (Å²) in [5.41, 5.74) is 6.94. The topological polar surface area (TPSA) is 35.1 Å². The Labute approximate surface area is 158 Å². The fourth-order valence-corrected chi connectivity index (χ4v) is 4.13. The number of rotatable bonds is 4. The summed E-state index contributed by atoms with van der Waals surface area (Å²) in [7, 11) is 1.97. The van der Waals surface area contributed by atoms with Crippen molar-refractivity contribution in [3.05, 3.63) is 53.1 Å². The first-order valence-corrected chi connectivity index (χ1v) is 9.56. The van der Waals surface area contributed by atoms with Crippen LogP contribution in [0.2, 0.25) is 0 Å². The van der Waals surface area contributed by atoms with Crippen molar-refractivity contribution in [1.82, 2.24) is 19.2 Å². The predicted octanol–water partition coefficient (Wildman–Crippen LogP) is 5.55. The van der Waals surface area contributed by atoms with E-state index in [1.54, 1.807) is 6.07 Å². The number of hydrogen-bond donors (Lipinski definition) is 0. The highest BCUT2D eigenvalue weighted by atomic mass is 19.1. The van der Waals surface area contributed by atoms with E-state index >= 15 is 0 Å². The smallest absolute Gasteiger partial charge is 0.158 e. The van der Waals surface area contributed by atoms with Gasteiger partial charge in [0, 0.05) is 18.0 Å². The minimum atomic E-state index is -0.227. The molecule has 1 aromatic carbocycles. The molecule has 0 aliphatic carbocycles. The Hall–Kier alpha value is -2.69. The molecule has 0 saturated carbocycles. The van der Waals surface area contributed by atoms with Gasteiger partial charge in [-0.1, -0.05) is 13.8 Å². The number of aryl methyl sites for hydroxylation is 3. The van der Waals surface area contributed by atoms with Crippen LogP contribution in [0.5, 0.6) is 0 Å². The van der Waals surface area contributed by atoms with Crippen molar-refractivity contribution in [3.8, 4) is 11.4 Å². The molecule has 3 heterocycles. The molecule has 4 aromatic rings. The Morgan fingerprint density at radius 2 is 1.81 bits per heavy atom. The van der Waals surface area contributed by atoms with E-state index in [2.05, 4.69) is 26.0 Å². The third-order valence-corrected chi connectivity index (χ3v) is 5.58. The summed E-state index contributed by atoms with van der Waals surface area (Å²) in [6.07, 6.45) is 2.15. The van der Waals surface area contributed by atoms with Gasteiger partial charge < -0.3 is 4.57 Å². The monoisotopic (exact) mass is 364 g/mol. The third kappa shape index (κ3) is 2.73. The van der Waals surface area contributed by atoms with Crippen LogP contribution in [0.4, 0.5) is 4.39 Å². The number of halogens is 1. The van der Waals surface area contributed by atoms with Gasteiger partial charge in [-0.3, -0.25) is 0 Å². The fraction of sp³-hybridized carbons (Fsp3) is 0.364. The zero-order valence-electron chi connectivity index (χ0n) is 16.5. The van der Waals surface area contributed by atoms with Crippen LogP contribution in [0.25, 0.3) is 27.9 Å². The minimum absolute atomic E-state index is 0.227. The van der Waals surface area contributed by atoms with E-state index in [0.717, 1.165) is 52.2 Å². The number of hydrogen-bond acceptors (Lipinski definition) is 2. The molecule has 0 bridgehead atoms. The Morgan fingerprint density at radius 1 is 1.07 bits per heavy atom. The maximum absolute atomic E-state index is 13.7.